The van der Waals surface area contributed by atoms with Crippen molar-refractivity contribution in [1.29, 1.82) is 0 Å². The Labute approximate surface area is 250 Å². The van der Waals surface area contributed by atoms with E-state index in [1.165, 1.54) is 16.7 Å². The molecule has 1 aliphatic heterocycles. The van der Waals surface area contributed by atoms with Gasteiger partial charge in [-0.3, -0.25) is 9.69 Å². The van der Waals surface area contributed by atoms with Crippen LogP contribution in [-0.2, 0) is 20.5 Å². The molecule has 2 amide bonds. The van der Waals surface area contributed by atoms with Crippen LogP contribution in [0.3, 0.4) is 0 Å². The summed E-state index contributed by atoms with van der Waals surface area (Å²) in [4.78, 5) is 34.7. The number of nitrogens with zero attached hydrogens (tertiary/aromatic N) is 3. The summed E-state index contributed by atoms with van der Waals surface area (Å²) in [5.74, 6) is 4.90. The van der Waals surface area contributed by atoms with E-state index in [2.05, 4.69) is 45.8 Å². The summed E-state index contributed by atoms with van der Waals surface area (Å²) in [6.45, 7) is 17.5. The van der Waals surface area contributed by atoms with Crippen LogP contribution in [0.25, 0.3) is 0 Å². The highest BCUT2D eigenvalue weighted by Crippen LogP contribution is 2.37. The zero-order valence-corrected chi connectivity index (χ0v) is 27.6. The topological polar surface area (TPSA) is 81.2 Å². The minimum Gasteiger partial charge on any atom is -0.497 e. The van der Waals surface area contributed by atoms with Crippen LogP contribution >= 0.6 is 11.8 Å². The highest BCUT2D eigenvalue weighted by molar-refractivity contribution is 8.00. The second-order valence-electron chi connectivity index (χ2n) is 12.4. The third-order valence-electron chi connectivity index (χ3n) is 6.94. The quantitative estimate of drug-likeness (QED) is 0.137. The molecule has 0 N–H and O–H groups in total. The van der Waals surface area contributed by atoms with Gasteiger partial charge in [0.1, 0.15) is 11.4 Å². The summed E-state index contributed by atoms with van der Waals surface area (Å²) in [6.07, 6.45) is 0.683. The monoisotopic (exact) mass is 597 g/mol. The molecule has 0 fully saturated rings. The lowest BCUT2D eigenvalue weighted by Gasteiger charge is -2.36. The maximum Gasteiger partial charge on any atom is 0.428 e. The molecule has 0 bridgehead atoms. The molecule has 10 heteroatoms. The largest absolute Gasteiger partial charge is 0.497 e. The van der Waals surface area contributed by atoms with E-state index in [4.69, 9.17) is 18.9 Å². The van der Waals surface area contributed by atoms with Crippen LogP contribution in [0.4, 0.5) is 16.4 Å². The number of thioether (sulfide) groups is 1. The third-order valence-corrected chi connectivity index (χ3v) is 12.5. The van der Waals surface area contributed by atoms with E-state index in [1.54, 1.807) is 38.8 Å². The maximum absolute atomic E-state index is 13.2. The van der Waals surface area contributed by atoms with Gasteiger partial charge in [-0.25, -0.2) is 9.78 Å². The first-order valence-electron chi connectivity index (χ1n) is 13.8. The number of benzene rings is 1. The van der Waals surface area contributed by atoms with Gasteiger partial charge in [0.15, 0.2) is 20.0 Å². The van der Waals surface area contributed by atoms with Crippen molar-refractivity contribution >= 4 is 43.7 Å². The van der Waals surface area contributed by atoms with Crippen molar-refractivity contribution in [2.75, 3.05) is 29.3 Å². The van der Waals surface area contributed by atoms with E-state index in [1.807, 2.05) is 30.3 Å². The van der Waals surface area contributed by atoms with Crippen LogP contribution in [0.15, 0.2) is 41.3 Å². The molecule has 1 aliphatic rings. The number of amides is 2. The van der Waals surface area contributed by atoms with E-state index < -0.39 is 20.0 Å². The number of hydrogen-bond acceptors (Lipinski definition) is 7. The van der Waals surface area contributed by atoms with Gasteiger partial charge in [0.2, 0.25) is 5.91 Å². The highest BCUT2D eigenvalue weighted by Gasteiger charge is 2.36. The first kappa shape index (κ1) is 32.5. The molecule has 2 heterocycles. The molecule has 222 valence electrons. The lowest BCUT2D eigenvalue weighted by atomic mass is 10.2. The Balaban J connectivity index is 1.84. The van der Waals surface area contributed by atoms with Crippen LogP contribution < -0.4 is 14.5 Å². The number of pyridine rings is 1. The Morgan fingerprint density at radius 3 is 2.39 bits per heavy atom. The van der Waals surface area contributed by atoms with Crippen molar-refractivity contribution < 1.29 is 23.5 Å². The number of carbonyl (C=O) groups excluding carboxylic acids is 2. The van der Waals surface area contributed by atoms with E-state index in [9.17, 15) is 9.59 Å². The number of hydrogen-bond donors (Lipinski definition) is 0. The van der Waals surface area contributed by atoms with Crippen LogP contribution in [0.1, 0.15) is 59.9 Å². The molecule has 0 saturated heterocycles. The zero-order chi connectivity index (χ0) is 30.4. The van der Waals surface area contributed by atoms with Gasteiger partial charge in [-0.15, -0.1) is 11.8 Å². The number of carbonyl (C=O) groups is 2. The molecule has 0 atom stereocenters. The van der Waals surface area contributed by atoms with Crippen LogP contribution in [0, 0.1) is 12.0 Å². The van der Waals surface area contributed by atoms with Gasteiger partial charge in [-0.2, -0.15) is 4.90 Å². The Morgan fingerprint density at radius 1 is 1.10 bits per heavy atom. The highest BCUT2D eigenvalue weighted by atomic mass is 32.2. The lowest BCUT2D eigenvalue weighted by molar-refractivity contribution is -0.116. The molecule has 2 aromatic rings. The minimum atomic E-state index is -1.83. The van der Waals surface area contributed by atoms with E-state index in [0.717, 1.165) is 22.6 Å². The van der Waals surface area contributed by atoms with E-state index >= 15 is 0 Å². The van der Waals surface area contributed by atoms with Gasteiger partial charge in [-0.1, -0.05) is 38.8 Å². The molecular weight excluding hydrogens is 555 g/mol. The molecular formula is C31H43N3O5SSi. The summed E-state index contributed by atoms with van der Waals surface area (Å²) < 4.78 is 17.2. The van der Waals surface area contributed by atoms with E-state index in [0.29, 0.717) is 37.0 Å². The molecule has 3 rings (SSSR count). The molecule has 0 spiro atoms. The summed E-state index contributed by atoms with van der Waals surface area (Å²) in [7, 11) is -0.211. The normalized spacial score (nSPS) is 13.7. The smallest absolute Gasteiger partial charge is 0.428 e. The zero-order valence-electron chi connectivity index (χ0n) is 25.8. The SMILES string of the molecule is COc1ccc(CN2C(=O)CSc3ccc(N(C#CCCCO[Si](C)(C)C(C)(C)C)C(=O)OC(C)(C)C)nc32)cc1. The van der Waals surface area contributed by atoms with Crippen LogP contribution in [-0.4, -0.2) is 50.4 Å². The molecule has 8 nitrogen and oxygen atoms in total. The summed E-state index contributed by atoms with van der Waals surface area (Å²) >= 11 is 1.43. The average Bonchev–Trinajstić information content (AvgIpc) is 2.88. The van der Waals surface area contributed by atoms with Gasteiger partial charge < -0.3 is 13.9 Å². The lowest BCUT2D eigenvalue weighted by Crippen LogP contribution is -2.40. The number of rotatable bonds is 8. The number of anilines is 2. The number of unbranched alkanes of at least 4 members (excludes halogenated alkanes) is 1. The van der Waals surface area contributed by atoms with Crippen molar-refractivity contribution in [3.63, 3.8) is 0 Å². The van der Waals surface area contributed by atoms with Gasteiger partial charge in [0, 0.05) is 19.1 Å². The number of aromatic nitrogens is 1. The first-order valence-corrected chi connectivity index (χ1v) is 17.7. The Kier molecular flexibility index (Phi) is 10.6. The van der Waals surface area contributed by atoms with Gasteiger partial charge in [0.25, 0.3) is 0 Å². The predicted molar refractivity (Wildman–Crippen MR) is 168 cm³/mol. The molecule has 1 aromatic heterocycles. The standard InChI is InChI=1S/C31H43N3O5SSi/c1-30(2,3)39-29(36)33(19-11-10-12-20-38-41(8,9)31(4,5)6)26-18-17-25-28(32-26)34(27(35)22-40-25)21-23-13-15-24(37-7)16-14-23/h13-18H,10,12,20-22H2,1-9H3. The van der Waals surface area contributed by atoms with Gasteiger partial charge in [-0.05, 0) is 75.2 Å². The first-order chi connectivity index (χ1) is 19.1. The molecule has 1 aromatic carbocycles. The van der Waals surface area contributed by atoms with Gasteiger partial charge >= 0.3 is 6.09 Å². The summed E-state index contributed by atoms with van der Waals surface area (Å²) in [5, 5.41) is 0.144. The van der Waals surface area contributed by atoms with Crippen molar-refractivity contribution in [3.8, 4) is 17.7 Å². The molecule has 0 radical (unpaired) electrons. The maximum atomic E-state index is 13.2. The second-order valence-corrected chi connectivity index (χ2v) is 18.3. The fourth-order valence-corrected chi connectivity index (χ4v) is 5.58. The minimum absolute atomic E-state index is 0.0559. The fraction of sp³-hybridized carbons (Fsp3) is 0.516. The molecule has 0 unspecified atom stereocenters. The Morgan fingerprint density at radius 2 is 1.78 bits per heavy atom. The summed E-state index contributed by atoms with van der Waals surface area (Å²) in [5.41, 5.74) is 0.224. The van der Waals surface area contributed by atoms with E-state index in [-0.39, 0.29) is 10.9 Å². The number of methoxy groups -OCH3 is 1. The number of ether oxygens (including phenoxy) is 2. The Hall–Kier alpha value is -3.00. The molecule has 0 aliphatic carbocycles. The fourth-order valence-electron chi connectivity index (χ4n) is 3.61. The van der Waals surface area contributed by atoms with Crippen molar-refractivity contribution in [2.45, 2.75) is 89.6 Å². The third kappa shape index (κ3) is 8.99. The molecule has 41 heavy (non-hydrogen) atoms. The second kappa shape index (κ2) is 13.3. The van der Waals surface area contributed by atoms with Crippen molar-refractivity contribution in [1.82, 2.24) is 4.98 Å². The molecule has 0 saturated carbocycles. The van der Waals surface area contributed by atoms with Gasteiger partial charge in [0.05, 0.1) is 24.3 Å². The van der Waals surface area contributed by atoms with Crippen LogP contribution in [0.5, 0.6) is 5.75 Å². The number of fused-ring (bicyclic) bond motifs is 1. The predicted octanol–water partition coefficient (Wildman–Crippen LogP) is 7.23. The Bertz CT molecular complexity index is 1290. The van der Waals surface area contributed by atoms with Crippen LogP contribution in [0.2, 0.25) is 18.1 Å². The van der Waals surface area contributed by atoms with Crippen molar-refractivity contribution in [2.24, 2.45) is 0 Å². The van der Waals surface area contributed by atoms with Crippen molar-refractivity contribution in [3.05, 3.63) is 42.0 Å². The summed E-state index contributed by atoms with van der Waals surface area (Å²) in [6, 6.07) is 14.1. The average molecular weight is 598 g/mol.